The van der Waals surface area contributed by atoms with Crippen molar-refractivity contribution >= 4 is 22.9 Å². The monoisotopic (exact) mass is 287 g/mol. The van der Waals surface area contributed by atoms with E-state index in [1.807, 2.05) is 6.07 Å². The Morgan fingerprint density at radius 2 is 2.44 bits per heavy atom. The molecule has 0 amide bonds. The van der Waals surface area contributed by atoms with Crippen LogP contribution in [0.15, 0.2) is 12.1 Å². The number of nitrogens with one attached hydrogen (secondary N) is 1. The van der Waals surface area contributed by atoms with Crippen LogP contribution in [-0.4, -0.2) is 25.8 Å². The molecule has 2 nitrogen and oxygen atoms in total. The molecule has 1 N–H and O–H groups in total. The van der Waals surface area contributed by atoms with Gasteiger partial charge in [0.25, 0.3) is 0 Å². The summed E-state index contributed by atoms with van der Waals surface area (Å²) < 4.78 is 6.36. The second-order valence-corrected chi connectivity index (χ2v) is 6.83. The van der Waals surface area contributed by atoms with Crippen molar-refractivity contribution in [3.05, 3.63) is 21.3 Å². The molecule has 0 aliphatic carbocycles. The predicted octanol–water partition coefficient (Wildman–Crippen LogP) is 3.74. The molecule has 1 aromatic rings. The zero-order valence-electron chi connectivity index (χ0n) is 11.0. The Bertz CT molecular complexity index is 349. The van der Waals surface area contributed by atoms with Crippen LogP contribution in [0, 0.1) is 5.92 Å². The first-order valence-corrected chi connectivity index (χ1v) is 8.02. The zero-order valence-corrected chi connectivity index (χ0v) is 12.5. The minimum Gasteiger partial charge on any atom is -0.381 e. The minimum atomic E-state index is 0.561. The largest absolute Gasteiger partial charge is 0.381 e. The lowest BCUT2D eigenvalue weighted by Crippen LogP contribution is -2.33. The number of thiophene rings is 1. The highest BCUT2D eigenvalue weighted by Gasteiger charge is 2.21. The second-order valence-electron chi connectivity index (χ2n) is 5.03. The highest BCUT2D eigenvalue weighted by Crippen LogP contribution is 2.25. The van der Waals surface area contributed by atoms with Crippen LogP contribution in [0.25, 0.3) is 0 Å². The van der Waals surface area contributed by atoms with Gasteiger partial charge in [0.1, 0.15) is 0 Å². The maximum Gasteiger partial charge on any atom is 0.0931 e. The number of ether oxygens (including phenoxy) is 1. The average molecular weight is 288 g/mol. The van der Waals surface area contributed by atoms with Gasteiger partial charge in [0.15, 0.2) is 0 Å². The third kappa shape index (κ3) is 4.54. The quantitative estimate of drug-likeness (QED) is 0.825. The summed E-state index contributed by atoms with van der Waals surface area (Å²) in [5.74, 6) is 0.731. The van der Waals surface area contributed by atoms with Crippen LogP contribution in [0.3, 0.4) is 0 Å². The van der Waals surface area contributed by atoms with Crippen molar-refractivity contribution in [1.82, 2.24) is 5.32 Å². The minimum absolute atomic E-state index is 0.561. The first-order valence-electron chi connectivity index (χ1n) is 6.83. The van der Waals surface area contributed by atoms with Crippen molar-refractivity contribution in [1.29, 1.82) is 0 Å². The maximum atomic E-state index is 6.00. The van der Waals surface area contributed by atoms with Crippen molar-refractivity contribution in [3.63, 3.8) is 0 Å². The molecule has 1 saturated heterocycles. The lowest BCUT2D eigenvalue weighted by atomic mass is 9.96. The Labute approximate surface area is 119 Å². The number of rotatable bonds is 7. The summed E-state index contributed by atoms with van der Waals surface area (Å²) in [6.07, 6.45) is 4.71. The van der Waals surface area contributed by atoms with E-state index in [1.165, 1.54) is 24.1 Å². The van der Waals surface area contributed by atoms with Crippen molar-refractivity contribution in [2.24, 2.45) is 5.92 Å². The molecule has 2 unspecified atom stereocenters. The molecule has 0 saturated carbocycles. The van der Waals surface area contributed by atoms with E-state index in [1.54, 1.807) is 11.3 Å². The van der Waals surface area contributed by atoms with E-state index >= 15 is 0 Å². The van der Waals surface area contributed by atoms with E-state index in [4.69, 9.17) is 16.3 Å². The van der Waals surface area contributed by atoms with E-state index in [2.05, 4.69) is 18.3 Å². The molecule has 102 valence electrons. The van der Waals surface area contributed by atoms with Crippen LogP contribution in [0.2, 0.25) is 4.34 Å². The maximum absolute atomic E-state index is 6.00. The van der Waals surface area contributed by atoms with Crippen LogP contribution >= 0.6 is 22.9 Å². The second kappa shape index (κ2) is 7.49. The Kier molecular flexibility index (Phi) is 5.96. The van der Waals surface area contributed by atoms with Gasteiger partial charge >= 0.3 is 0 Å². The number of hydrogen-bond donors (Lipinski definition) is 1. The molecule has 18 heavy (non-hydrogen) atoms. The summed E-state index contributed by atoms with van der Waals surface area (Å²) >= 11 is 7.70. The lowest BCUT2D eigenvalue weighted by molar-refractivity contribution is 0.181. The van der Waals surface area contributed by atoms with Gasteiger partial charge in [0, 0.05) is 24.1 Å². The fraction of sp³-hybridized carbons (Fsp3) is 0.714. The Hall–Kier alpha value is -0.0900. The highest BCUT2D eigenvalue weighted by atomic mass is 35.5. The highest BCUT2D eigenvalue weighted by molar-refractivity contribution is 7.16. The summed E-state index contributed by atoms with van der Waals surface area (Å²) in [6, 6.07) is 4.71. The molecule has 1 aliphatic heterocycles. The third-order valence-corrected chi connectivity index (χ3v) is 4.65. The van der Waals surface area contributed by atoms with E-state index in [9.17, 15) is 0 Å². The third-order valence-electron chi connectivity index (χ3n) is 3.40. The summed E-state index contributed by atoms with van der Waals surface area (Å²) in [7, 11) is 0. The lowest BCUT2D eigenvalue weighted by Gasteiger charge is -2.20. The first kappa shape index (κ1) is 14.3. The molecule has 4 heteroatoms. The van der Waals surface area contributed by atoms with E-state index in [-0.39, 0.29) is 0 Å². The van der Waals surface area contributed by atoms with Gasteiger partial charge < -0.3 is 10.1 Å². The summed E-state index contributed by atoms with van der Waals surface area (Å²) in [5, 5.41) is 3.66. The number of halogens is 1. The Balaban J connectivity index is 1.86. The van der Waals surface area contributed by atoms with E-state index < -0.39 is 0 Å². The van der Waals surface area contributed by atoms with Gasteiger partial charge in [-0.2, -0.15) is 0 Å². The molecule has 2 atom stereocenters. The topological polar surface area (TPSA) is 21.3 Å². The molecule has 1 aromatic heterocycles. The van der Waals surface area contributed by atoms with Crippen LogP contribution in [-0.2, 0) is 11.2 Å². The van der Waals surface area contributed by atoms with Gasteiger partial charge in [-0.25, -0.2) is 0 Å². The van der Waals surface area contributed by atoms with E-state index in [0.717, 1.165) is 36.4 Å². The fourth-order valence-electron chi connectivity index (χ4n) is 2.46. The van der Waals surface area contributed by atoms with Gasteiger partial charge in [0.05, 0.1) is 4.34 Å². The molecule has 0 bridgehead atoms. The molecule has 0 aromatic carbocycles. The first-order chi connectivity index (χ1) is 8.78. The molecule has 2 heterocycles. The molecule has 2 rings (SSSR count). The SMILES string of the molecule is CCCNC(Cc1ccc(Cl)s1)CC1CCOC1. The molecular formula is C14H22ClNOS. The van der Waals surface area contributed by atoms with Crippen molar-refractivity contribution in [2.45, 2.75) is 38.6 Å². The summed E-state index contributed by atoms with van der Waals surface area (Å²) in [5.41, 5.74) is 0. The normalized spacial score (nSPS) is 21.3. The van der Waals surface area contributed by atoms with Gasteiger partial charge in [-0.05, 0) is 50.3 Å². The smallest absolute Gasteiger partial charge is 0.0931 e. The Morgan fingerprint density at radius 1 is 1.56 bits per heavy atom. The fourth-order valence-corrected chi connectivity index (χ4v) is 3.63. The van der Waals surface area contributed by atoms with Crippen LogP contribution in [0.4, 0.5) is 0 Å². The van der Waals surface area contributed by atoms with Gasteiger partial charge in [0.2, 0.25) is 0 Å². The molecular weight excluding hydrogens is 266 g/mol. The van der Waals surface area contributed by atoms with Gasteiger partial charge in [-0.15, -0.1) is 11.3 Å². The Morgan fingerprint density at radius 3 is 3.06 bits per heavy atom. The summed E-state index contributed by atoms with van der Waals surface area (Å²) in [4.78, 5) is 1.38. The predicted molar refractivity (Wildman–Crippen MR) is 78.7 cm³/mol. The van der Waals surface area contributed by atoms with Crippen LogP contribution in [0.1, 0.15) is 31.1 Å². The van der Waals surface area contributed by atoms with Gasteiger partial charge in [-0.3, -0.25) is 0 Å². The van der Waals surface area contributed by atoms with E-state index in [0.29, 0.717) is 6.04 Å². The molecule has 1 fully saturated rings. The number of hydrogen-bond acceptors (Lipinski definition) is 3. The van der Waals surface area contributed by atoms with Crippen molar-refractivity contribution in [3.8, 4) is 0 Å². The van der Waals surface area contributed by atoms with Crippen LogP contribution < -0.4 is 5.32 Å². The van der Waals surface area contributed by atoms with Crippen molar-refractivity contribution < 1.29 is 4.74 Å². The zero-order chi connectivity index (χ0) is 12.8. The standard InChI is InChI=1S/C14H22ClNOS/c1-2-6-16-12(8-11-5-7-17-10-11)9-13-3-4-14(15)18-13/h3-4,11-12,16H,2,5-10H2,1H3. The van der Waals surface area contributed by atoms with Crippen molar-refractivity contribution in [2.75, 3.05) is 19.8 Å². The summed E-state index contributed by atoms with van der Waals surface area (Å²) in [6.45, 7) is 5.19. The molecule has 0 spiro atoms. The average Bonchev–Trinajstić information content (AvgIpc) is 2.98. The molecule has 0 radical (unpaired) electrons. The van der Waals surface area contributed by atoms with Gasteiger partial charge in [-0.1, -0.05) is 18.5 Å². The molecule has 1 aliphatic rings. The van der Waals surface area contributed by atoms with Crippen LogP contribution in [0.5, 0.6) is 0 Å².